The molecule has 0 radical (unpaired) electrons. The van der Waals surface area contributed by atoms with E-state index in [-0.39, 0.29) is 30.3 Å². The number of alkyl halides is 3. The predicted octanol–water partition coefficient (Wildman–Crippen LogP) is 4.35. The lowest BCUT2D eigenvalue weighted by Gasteiger charge is -2.36. The van der Waals surface area contributed by atoms with E-state index in [9.17, 15) is 45.2 Å². The highest BCUT2D eigenvalue weighted by Crippen LogP contribution is 2.46. The third-order valence-electron chi connectivity index (χ3n) is 9.19. The lowest BCUT2D eigenvalue weighted by molar-refractivity contribution is -0.143. The van der Waals surface area contributed by atoms with E-state index in [2.05, 4.69) is 22.2 Å². The molecule has 2 aliphatic carbocycles. The van der Waals surface area contributed by atoms with Crippen LogP contribution in [0.25, 0.3) is 10.9 Å². The maximum absolute atomic E-state index is 14.4. The van der Waals surface area contributed by atoms with Crippen molar-refractivity contribution in [3.63, 3.8) is 0 Å². The van der Waals surface area contributed by atoms with Crippen LogP contribution in [0, 0.1) is 17.2 Å². The molecule has 5 atom stereocenters. The molecular formula is C35H43F4N5O8S. The number of nitrogens with one attached hydrogen (secondary N) is 3. The number of hydrogen-bond acceptors (Lipinski definition) is 9. The second-order valence-corrected chi connectivity index (χ2v) is 17.7. The topological polar surface area (TPSA) is 173 Å². The van der Waals surface area contributed by atoms with E-state index in [1.165, 1.54) is 6.08 Å². The first-order chi connectivity index (χ1) is 24.3. The summed E-state index contributed by atoms with van der Waals surface area (Å²) in [6.07, 6.45) is -5.16. The summed E-state index contributed by atoms with van der Waals surface area (Å²) in [6, 6.07) is 0.810. The van der Waals surface area contributed by atoms with Crippen LogP contribution in [0.3, 0.4) is 0 Å². The van der Waals surface area contributed by atoms with Gasteiger partial charge in [0, 0.05) is 23.8 Å². The van der Waals surface area contributed by atoms with E-state index in [4.69, 9.17) is 9.47 Å². The molecule has 2 heterocycles. The van der Waals surface area contributed by atoms with E-state index >= 15 is 0 Å². The zero-order valence-electron chi connectivity index (χ0n) is 30.1. The van der Waals surface area contributed by atoms with Crippen molar-refractivity contribution in [3.05, 3.63) is 48.4 Å². The summed E-state index contributed by atoms with van der Waals surface area (Å²) < 4.78 is 94.6. The highest BCUT2D eigenvalue weighted by molar-refractivity contribution is 7.91. The second-order valence-electron chi connectivity index (χ2n) is 15.8. The molecule has 3 aliphatic rings. The number of hydrogen-bond donors (Lipinski definition) is 3. The molecule has 1 aromatic heterocycles. The van der Waals surface area contributed by atoms with Crippen molar-refractivity contribution in [2.24, 2.45) is 11.3 Å². The molecule has 5 rings (SSSR count). The SMILES string of the molecule is C=CC1CC1(NC(=O)[C@@H]1C[C@@H](Oc2cc(C(F)(F)F)nc3ccc(F)cc23)CN1C(=O)[C@@H](NC(=O)OC(C)(C)C)C(C)(C)C)C(=O)NS(=O)(=O)C1CC1. The molecule has 13 nitrogen and oxygen atoms in total. The summed E-state index contributed by atoms with van der Waals surface area (Å²) in [7, 11) is -4.00. The molecule has 3 N–H and O–H groups in total. The molecular weight excluding hydrogens is 726 g/mol. The second kappa shape index (κ2) is 13.7. The summed E-state index contributed by atoms with van der Waals surface area (Å²) in [6.45, 7) is 13.1. The fourth-order valence-electron chi connectivity index (χ4n) is 6.22. The Kier molecular flexibility index (Phi) is 10.3. The molecule has 290 valence electrons. The third kappa shape index (κ3) is 8.84. The number of carbonyl (C=O) groups is 4. The molecule has 0 spiro atoms. The average molecular weight is 770 g/mol. The van der Waals surface area contributed by atoms with Gasteiger partial charge < -0.3 is 25.0 Å². The van der Waals surface area contributed by atoms with Gasteiger partial charge in [-0.3, -0.25) is 19.1 Å². The lowest BCUT2D eigenvalue weighted by atomic mass is 9.85. The zero-order valence-corrected chi connectivity index (χ0v) is 30.9. The van der Waals surface area contributed by atoms with Crippen LogP contribution >= 0.6 is 0 Å². The van der Waals surface area contributed by atoms with Crippen molar-refractivity contribution in [2.45, 2.75) is 108 Å². The van der Waals surface area contributed by atoms with Gasteiger partial charge in [-0.05, 0) is 63.6 Å². The number of carbonyl (C=O) groups excluding carboxylic acids is 4. The highest BCUT2D eigenvalue weighted by atomic mass is 32.2. The molecule has 1 aromatic carbocycles. The van der Waals surface area contributed by atoms with E-state index in [0.29, 0.717) is 18.9 Å². The van der Waals surface area contributed by atoms with E-state index in [1.807, 2.05) is 4.72 Å². The predicted molar refractivity (Wildman–Crippen MR) is 183 cm³/mol. The summed E-state index contributed by atoms with van der Waals surface area (Å²) in [5.74, 6) is -4.49. The van der Waals surface area contributed by atoms with Crippen molar-refractivity contribution in [2.75, 3.05) is 6.54 Å². The number of rotatable bonds is 10. The Bertz CT molecular complexity index is 1940. The Morgan fingerprint density at radius 1 is 1.08 bits per heavy atom. The molecule has 1 aliphatic heterocycles. The van der Waals surface area contributed by atoms with E-state index in [0.717, 1.165) is 23.1 Å². The van der Waals surface area contributed by atoms with E-state index < -0.39 is 103 Å². The minimum Gasteiger partial charge on any atom is -0.488 e. The molecule has 18 heteroatoms. The van der Waals surface area contributed by atoms with Crippen molar-refractivity contribution in [1.82, 2.24) is 25.2 Å². The Balaban J connectivity index is 1.50. The number of alkyl carbamates (subject to hydrolysis) is 1. The number of sulfonamides is 1. The number of nitrogens with zero attached hydrogens (tertiary/aromatic N) is 2. The van der Waals surface area contributed by atoms with Crippen molar-refractivity contribution >= 4 is 44.7 Å². The van der Waals surface area contributed by atoms with Gasteiger partial charge in [-0.15, -0.1) is 6.58 Å². The highest BCUT2D eigenvalue weighted by Gasteiger charge is 2.62. The Hall–Kier alpha value is -4.48. The normalized spacial score (nSPS) is 23.9. The van der Waals surface area contributed by atoms with Crippen LogP contribution in [0.15, 0.2) is 36.9 Å². The Morgan fingerprint density at radius 3 is 2.28 bits per heavy atom. The number of aromatic nitrogens is 1. The fraction of sp³-hybridized carbons (Fsp3) is 0.571. The van der Waals surface area contributed by atoms with E-state index in [1.54, 1.807) is 41.5 Å². The zero-order chi connectivity index (χ0) is 39.5. The number of amides is 4. The molecule has 2 unspecified atom stereocenters. The Morgan fingerprint density at radius 2 is 1.74 bits per heavy atom. The van der Waals surface area contributed by atoms with Gasteiger partial charge in [-0.1, -0.05) is 26.8 Å². The monoisotopic (exact) mass is 769 g/mol. The van der Waals surface area contributed by atoms with Crippen LogP contribution in [0.5, 0.6) is 5.75 Å². The van der Waals surface area contributed by atoms with Gasteiger partial charge in [0.2, 0.25) is 21.8 Å². The van der Waals surface area contributed by atoms with Gasteiger partial charge >= 0.3 is 12.3 Å². The first-order valence-electron chi connectivity index (χ1n) is 17.0. The number of halogens is 4. The Labute approximate surface area is 304 Å². The van der Waals surface area contributed by atoms with Gasteiger partial charge in [-0.25, -0.2) is 22.6 Å². The average Bonchev–Trinajstić information content (AvgIpc) is 3.94. The van der Waals surface area contributed by atoms with Crippen molar-refractivity contribution < 1.29 is 54.6 Å². The van der Waals surface area contributed by atoms with Crippen LogP contribution in [0.4, 0.5) is 22.4 Å². The first kappa shape index (κ1) is 39.7. The van der Waals surface area contributed by atoms with Crippen molar-refractivity contribution in [3.8, 4) is 5.75 Å². The number of pyridine rings is 1. The summed E-state index contributed by atoms with van der Waals surface area (Å²) in [5.41, 5.74) is -5.16. The third-order valence-corrected chi connectivity index (χ3v) is 11.0. The van der Waals surface area contributed by atoms with Gasteiger partial charge in [0.15, 0.2) is 0 Å². The number of benzene rings is 1. The smallest absolute Gasteiger partial charge is 0.433 e. The van der Waals surface area contributed by atoms with Crippen LogP contribution in [-0.4, -0.2) is 83.2 Å². The molecule has 1 saturated heterocycles. The van der Waals surface area contributed by atoms with Crippen LogP contribution < -0.4 is 20.1 Å². The van der Waals surface area contributed by atoms with Gasteiger partial charge in [0.1, 0.15) is 46.6 Å². The fourth-order valence-corrected chi connectivity index (χ4v) is 7.59. The van der Waals surface area contributed by atoms with Crippen LogP contribution in [0.1, 0.15) is 72.9 Å². The largest absolute Gasteiger partial charge is 0.488 e. The number of likely N-dealkylation sites (tertiary alicyclic amines) is 1. The van der Waals surface area contributed by atoms with Crippen LogP contribution in [-0.2, 0) is 35.3 Å². The van der Waals surface area contributed by atoms with Gasteiger partial charge in [-0.2, -0.15) is 13.2 Å². The molecule has 2 aromatic rings. The molecule has 2 saturated carbocycles. The first-order valence-corrected chi connectivity index (χ1v) is 18.5. The molecule has 4 amide bonds. The lowest BCUT2D eigenvalue weighted by Crippen LogP contribution is -2.60. The molecule has 0 bridgehead atoms. The minimum absolute atomic E-state index is 0.00839. The van der Waals surface area contributed by atoms with Gasteiger partial charge in [0.05, 0.1) is 17.3 Å². The summed E-state index contributed by atoms with van der Waals surface area (Å²) in [5, 5.41) is 4.35. The number of ether oxygens (including phenoxy) is 2. The maximum Gasteiger partial charge on any atom is 0.433 e. The van der Waals surface area contributed by atoms with Crippen molar-refractivity contribution in [1.29, 1.82) is 0 Å². The quantitative estimate of drug-likeness (QED) is 0.235. The molecule has 3 fully saturated rings. The number of fused-ring (bicyclic) bond motifs is 1. The van der Waals surface area contributed by atoms with Crippen LogP contribution in [0.2, 0.25) is 0 Å². The van der Waals surface area contributed by atoms with Gasteiger partial charge in [0.25, 0.3) is 5.91 Å². The standard InChI is InChI=1S/C35H43F4N5O8S/c1-8-18-16-34(18,30(47)43-53(49,50)21-10-11-21)42-28(45)24-14-20(17-44(24)29(46)27(32(2,3)4)41-31(48)52-33(5,6)7)51-25-15-26(35(37,38)39)40-23-12-9-19(36)13-22(23)25/h8-9,12-13,15,18,20-21,24,27H,1,10-11,14,16-17H2,2-7H3,(H,41,48)(H,42,45)(H,43,47)/t18?,20-,24+,27-,34?/m1/s1. The summed E-state index contributed by atoms with van der Waals surface area (Å²) >= 11 is 0. The molecule has 53 heavy (non-hydrogen) atoms. The summed E-state index contributed by atoms with van der Waals surface area (Å²) in [4.78, 5) is 59.5. The maximum atomic E-state index is 14.4. The minimum atomic E-state index is -4.90.